The molecule has 1 atom stereocenters. The number of pyridine rings is 1. The van der Waals surface area contributed by atoms with E-state index in [1.165, 1.54) is 0 Å². The fourth-order valence-electron chi connectivity index (χ4n) is 3.20. The number of fused-ring (bicyclic) bond motifs is 2. The lowest BCUT2D eigenvalue weighted by molar-refractivity contribution is 0.821. The van der Waals surface area contributed by atoms with Gasteiger partial charge in [0.05, 0.1) is 23.6 Å². The molecule has 4 heteroatoms. The van der Waals surface area contributed by atoms with Gasteiger partial charge in [0.2, 0.25) is 0 Å². The zero-order chi connectivity index (χ0) is 16.1. The van der Waals surface area contributed by atoms with E-state index < -0.39 is 0 Å². The summed E-state index contributed by atoms with van der Waals surface area (Å²) >= 11 is 3.49. The van der Waals surface area contributed by atoms with Gasteiger partial charge < -0.3 is 4.90 Å². The van der Waals surface area contributed by atoms with Crippen molar-refractivity contribution in [2.75, 3.05) is 6.54 Å². The van der Waals surface area contributed by atoms with Crippen LogP contribution in [0, 0.1) is 0 Å². The van der Waals surface area contributed by atoms with Crippen LogP contribution < -0.4 is 0 Å². The third-order valence-electron chi connectivity index (χ3n) is 4.54. The van der Waals surface area contributed by atoms with Crippen LogP contribution in [0.5, 0.6) is 0 Å². The molecule has 0 radical (unpaired) electrons. The molecule has 3 heterocycles. The Kier molecular flexibility index (Phi) is 3.06. The number of hydrogen-bond donors (Lipinski definition) is 0. The Labute approximate surface area is 148 Å². The minimum Gasteiger partial charge on any atom is -0.346 e. The first-order valence-electron chi connectivity index (χ1n) is 7.97. The van der Waals surface area contributed by atoms with Crippen LogP contribution in [-0.2, 0) is 0 Å². The Bertz CT molecular complexity index is 1010. The van der Waals surface area contributed by atoms with E-state index in [0.717, 1.165) is 44.6 Å². The molecule has 116 valence electrons. The molecule has 1 aromatic heterocycles. The maximum Gasteiger partial charge on any atom is 0.129 e. The number of nitrogens with zero attached hydrogens (tertiary/aromatic N) is 3. The van der Waals surface area contributed by atoms with Crippen molar-refractivity contribution in [3.05, 3.63) is 71.4 Å². The van der Waals surface area contributed by atoms with Gasteiger partial charge in [-0.15, -0.1) is 0 Å². The van der Waals surface area contributed by atoms with E-state index in [-0.39, 0.29) is 0 Å². The maximum absolute atomic E-state index is 4.84. The Balaban J connectivity index is 1.68. The second kappa shape index (κ2) is 5.28. The van der Waals surface area contributed by atoms with Crippen molar-refractivity contribution >= 4 is 38.2 Å². The zero-order valence-electron chi connectivity index (χ0n) is 12.9. The Morgan fingerprint density at radius 2 is 1.83 bits per heavy atom. The van der Waals surface area contributed by atoms with Crippen LogP contribution >= 0.6 is 15.9 Å². The zero-order valence-corrected chi connectivity index (χ0v) is 14.4. The summed E-state index contributed by atoms with van der Waals surface area (Å²) in [5.41, 5.74) is 3.03. The standard InChI is InChI=1S/C20H14BrN3/c21-14-7-5-13(6-8-14)20-17-4-2-1-3-16(17)18(11-22-20)23-19-10-9-15-12-24(15)19/h1-11,15H,12H2. The van der Waals surface area contributed by atoms with Gasteiger partial charge >= 0.3 is 0 Å². The first kappa shape index (κ1) is 13.9. The van der Waals surface area contributed by atoms with Gasteiger partial charge in [-0.05, 0) is 18.2 Å². The molecule has 0 N–H and O–H groups in total. The number of halogens is 1. The molecule has 0 saturated carbocycles. The molecule has 1 saturated heterocycles. The molecule has 2 aromatic carbocycles. The molecule has 1 fully saturated rings. The fraction of sp³-hybridized carbons (Fsp3) is 0.100. The lowest BCUT2D eigenvalue weighted by atomic mass is 10.0. The first-order valence-corrected chi connectivity index (χ1v) is 8.76. The highest BCUT2D eigenvalue weighted by molar-refractivity contribution is 9.10. The van der Waals surface area contributed by atoms with E-state index in [1.54, 1.807) is 0 Å². The summed E-state index contributed by atoms with van der Waals surface area (Å²) in [7, 11) is 0. The average molecular weight is 376 g/mol. The third-order valence-corrected chi connectivity index (χ3v) is 5.07. The molecule has 0 aliphatic carbocycles. The molecule has 0 spiro atoms. The van der Waals surface area contributed by atoms with Gasteiger partial charge in [0, 0.05) is 27.4 Å². The summed E-state index contributed by atoms with van der Waals surface area (Å²) in [5.74, 6) is 1.04. The first-order chi connectivity index (χ1) is 11.8. The van der Waals surface area contributed by atoms with Crippen molar-refractivity contribution in [3.8, 4) is 11.3 Å². The fourth-order valence-corrected chi connectivity index (χ4v) is 3.47. The van der Waals surface area contributed by atoms with Gasteiger partial charge in [-0.25, -0.2) is 4.99 Å². The van der Waals surface area contributed by atoms with Crippen LogP contribution in [0.1, 0.15) is 0 Å². The maximum atomic E-state index is 4.84. The van der Waals surface area contributed by atoms with Crippen molar-refractivity contribution in [2.24, 2.45) is 4.99 Å². The van der Waals surface area contributed by atoms with E-state index >= 15 is 0 Å². The van der Waals surface area contributed by atoms with E-state index in [4.69, 9.17) is 9.98 Å². The number of benzene rings is 2. The third kappa shape index (κ3) is 2.26. The minimum atomic E-state index is 0.574. The highest BCUT2D eigenvalue weighted by Gasteiger charge is 2.38. The second-order valence-electron chi connectivity index (χ2n) is 6.09. The Hall–Kier alpha value is -2.46. The van der Waals surface area contributed by atoms with E-state index in [2.05, 4.69) is 69.4 Å². The molecular weight excluding hydrogens is 362 g/mol. The molecule has 2 aliphatic rings. The normalized spacial score (nSPS) is 20.0. The minimum absolute atomic E-state index is 0.574. The smallest absolute Gasteiger partial charge is 0.129 e. The van der Waals surface area contributed by atoms with Crippen LogP contribution in [0.4, 0.5) is 5.69 Å². The quantitative estimate of drug-likeness (QED) is 0.592. The number of hydrogen-bond acceptors (Lipinski definition) is 2. The van der Waals surface area contributed by atoms with Crippen LogP contribution in [-0.4, -0.2) is 28.3 Å². The van der Waals surface area contributed by atoms with Crippen molar-refractivity contribution in [1.29, 1.82) is 0 Å². The van der Waals surface area contributed by atoms with Gasteiger partial charge in [-0.2, -0.15) is 0 Å². The van der Waals surface area contributed by atoms with Crippen molar-refractivity contribution < 1.29 is 0 Å². The number of aliphatic imine (C=N–C) groups is 1. The Morgan fingerprint density at radius 1 is 1.04 bits per heavy atom. The van der Waals surface area contributed by atoms with Crippen molar-refractivity contribution in [3.63, 3.8) is 0 Å². The van der Waals surface area contributed by atoms with Gasteiger partial charge in [-0.1, -0.05) is 58.4 Å². The van der Waals surface area contributed by atoms with E-state index in [9.17, 15) is 0 Å². The highest BCUT2D eigenvalue weighted by Crippen LogP contribution is 2.35. The predicted molar refractivity (Wildman–Crippen MR) is 102 cm³/mol. The molecule has 24 heavy (non-hydrogen) atoms. The van der Waals surface area contributed by atoms with Crippen LogP contribution in [0.25, 0.3) is 22.0 Å². The molecular formula is C20H14BrN3. The summed E-state index contributed by atoms with van der Waals surface area (Å²) in [6.07, 6.45) is 6.20. The molecule has 3 aromatic rings. The van der Waals surface area contributed by atoms with Crippen LogP contribution in [0.3, 0.4) is 0 Å². The molecule has 1 unspecified atom stereocenters. The SMILES string of the molecule is Brc1ccc(-c2ncc(N=C3C=CC4CN34)c3ccccc23)cc1. The molecule has 3 nitrogen and oxygen atoms in total. The summed E-state index contributed by atoms with van der Waals surface area (Å²) < 4.78 is 1.07. The van der Waals surface area contributed by atoms with Crippen molar-refractivity contribution in [1.82, 2.24) is 9.88 Å². The topological polar surface area (TPSA) is 28.3 Å². The van der Waals surface area contributed by atoms with E-state index in [1.807, 2.05) is 18.3 Å². The van der Waals surface area contributed by atoms with E-state index in [0.29, 0.717) is 6.04 Å². The number of amidine groups is 1. The van der Waals surface area contributed by atoms with Gasteiger partial charge in [0.25, 0.3) is 0 Å². The van der Waals surface area contributed by atoms with Crippen molar-refractivity contribution in [2.45, 2.75) is 6.04 Å². The van der Waals surface area contributed by atoms with Crippen LogP contribution in [0.2, 0.25) is 0 Å². The Morgan fingerprint density at radius 3 is 2.54 bits per heavy atom. The lowest BCUT2D eigenvalue weighted by Gasteiger charge is -2.09. The molecule has 0 amide bonds. The molecule has 0 bridgehead atoms. The molecule has 5 rings (SSSR count). The van der Waals surface area contributed by atoms with Crippen LogP contribution in [0.15, 0.2) is 76.3 Å². The lowest BCUT2D eigenvalue weighted by Crippen LogP contribution is -2.04. The summed E-state index contributed by atoms with van der Waals surface area (Å²) in [6.45, 7) is 1.09. The summed E-state index contributed by atoms with van der Waals surface area (Å²) in [6, 6.07) is 17.2. The van der Waals surface area contributed by atoms with Gasteiger partial charge in [0.1, 0.15) is 5.84 Å². The predicted octanol–water partition coefficient (Wildman–Crippen LogP) is 4.95. The monoisotopic (exact) mass is 375 g/mol. The summed E-state index contributed by atoms with van der Waals surface area (Å²) in [4.78, 5) is 11.9. The largest absolute Gasteiger partial charge is 0.346 e. The number of rotatable bonds is 2. The summed E-state index contributed by atoms with van der Waals surface area (Å²) in [5, 5.41) is 2.27. The molecule has 2 aliphatic heterocycles. The average Bonchev–Trinajstić information content (AvgIpc) is 3.30. The second-order valence-corrected chi connectivity index (χ2v) is 7.01. The van der Waals surface area contributed by atoms with Gasteiger partial charge in [-0.3, -0.25) is 4.98 Å². The van der Waals surface area contributed by atoms with Gasteiger partial charge in [0.15, 0.2) is 0 Å². The number of aromatic nitrogens is 1. The highest BCUT2D eigenvalue weighted by atomic mass is 79.9.